The van der Waals surface area contributed by atoms with E-state index in [4.69, 9.17) is 4.74 Å². The summed E-state index contributed by atoms with van der Waals surface area (Å²) in [6.45, 7) is 4.89. The molecule has 1 aliphatic rings. The molecular weight excluding hydrogens is 373 g/mol. The van der Waals surface area contributed by atoms with Crippen molar-refractivity contribution in [3.63, 3.8) is 0 Å². The molecule has 1 aromatic heterocycles. The fourth-order valence-electron chi connectivity index (χ4n) is 3.81. The molecular formula is C20H29F3N2O3. The van der Waals surface area contributed by atoms with Gasteiger partial charge in [-0.2, -0.15) is 13.2 Å². The Balaban J connectivity index is 1.99. The lowest BCUT2D eigenvalue weighted by Crippen LogP contribution is -2.33. The standard InChI is InChI=1S/C20H29F3N2O3/c1-3-25(19-16(13-26)10-17(11-24-19)20(21,22)23)12-15-7-5-14(6-8-15)9-18(27)28-4-2/h10-11,14-15,26H,3-9,12-13H2,1-2H3. The van der Waals surface area contributed by atoms with Gasteiger partial charge in [0.15, 0.2) is 0 Å². The summed E-state index contributed by atoms with van der Waals surface area (Å²) < 4.78 is 43.7. The van der Waals surface area contributed by atoms with Crippen LogP contribution in [0.4, 0.5) is 19.0 Å². The van der Waals surface area contributed by atoms with Crippen LogP contribution in [0.15, 0.2) is 12.3 Å². The molecule has 0 spiro atoms. The topological polar surface area (TPSA) is 62.7 Å². The quantitative estimate of drug-likeness (QED) is 0.661. The predicted molar refractivity (Wildman–Crippen MR) is 99.7 cm³/mol. The molecule has 28 heavy (non-hydrogen) atoms. The van der Waals surface area contributed by atoms with E-state index in [1.54, 1.807) is 6.92 Å². The number of aliphatic hydroxyl groups excluding tert-OH is 1. The number of ether oxygens (including phenoxy) is 1. The minimum Gasteiger partial charge on any atom is -0.466 e. The molecule has 0 saturated heterocycles. The first-order valence-electron chi connectivity index (χ1n) is 9.85. The summed E-state index contributed by atoms with van der Waals surface area (Å²) in [5, 5.41) is 9.54. The molecule has 0 unspecified atom stereocenters. The Kier molecular flexibility index (Phi) is 8.10. The van der Waals surface area contributed by atoms with E-state index in [2.05, 4.69) is 4.98 Å². The molecule has 8 heteroatoms. The number of esters is 1. The summed E-state index contributed by atoms with van der Waals surface area (Å²) in [7, 11) is 0. The van der Waals surface area contributed by atoms with E-state index in [9.17, 15) is 23.1 Å². The predicted octanol–water partition coefficient (Wildman–Crippen LogP) is 4.18. The third kappa shape index (κ3) is 6.09. The Morgan fingerprint density at radius 3 is 2.43 bits per heavy atom. The molecule has 5 nitrogen and oxygen atoms in total. The fourth-order valence-corrected chi connectivity index (χ4v) is 3.81. The van der Waals surface area contributed by atoms with Crippen molar-refractivity contribution in [2.45, 2.75) is 58.7 Å². The first-order valence-corrected chi connectivity index (χ1v) is 9.85. The average Bonchev–Trinajstić information content (AvgIpc) is 2.66. The van der Waals surface area contributed by atoms with Crippen LogP contribution in [0.1, 0.15) is 57.1 Å². The molecule has 1 heterocycles. The number of anilines is 1. The number of alkyl halides is 3. The molecule has 1 N–H and O–H groups in total. The Labute approximate surface area is 163 Å². The van der Waals surface area contributed by atoms with Crippen LogP contribution in [0, 0.1) is 11.8 Å². The Bertz CT molecular complexity index is 644. The van der Waals surface area contributed by atoms with Gasteiger partial charge < -0.3 is 14.7 Å². The summed E-state index contributed by atoms with van der Waals surface area (Å²) in [6, 6.07) is 0.973. The second kappa shape index (κ2) is 10.1. The Hall–Kier alpha value is -1.83. The number of halogens is 3. The Morgan fingerprint density at radius 1 is 1.25 bits per heavy atom. The molecule has 0 radical (unpaired) electrons. The molecule has 0 atom stereocenters. The van der Waals surface area contributed by atoms with Crippen molar-refractivity contribution < 1.29 is 27.8 Å². The summed E-state index contributed by atoms with van der Waals surface area (Å²) >= 11 is 0. The molecule has 1 aromatic rings. The molecule has 0 aliphatic heterocycles. The van der Waals surface area contributed by atoms with Crippen LogP contribution < -0.4 is 4.90 Å². The van der Waals surface area contributed by atoms with Gasteiger partial charge in [0.2, 0.25) is 0 Å². The maximum absolute atomic E-state index is 12.9. The summed E-state index contributed by atoms with van der Waals surface area (Å²) in [4.78, 5) is 17.6. The van der Waals surface area contributed by atoms with E-state index in [1.807, 2.05) is 11.8 Å². The number of carbonyl (C=O) groups excluding carboxylic acids is 1. The van der Waals surface area contributed by atoms with E-state index >= 15 is 0 Å². The number of hydrogen-bond donors (Lipinski definition) is 1. The number of pyridine rings is 1. The second-order valence-electron chi connectivity index (χ2n) is 7.30. The molecule has 0 aromatic carbocycles. The number of aliphatic hydroxyl groups is 1. The largest absolute Gasteiger partial charge is 0.466 e. The monoisotopic (exact) mass is 402 g/mol. The normalized spacial score (nSPS) is 20.1. The van der Waals surface area contributed by atoms with Gasteiger partial charge in [-0.15, -0.1) is 0 Å². The van der Waals surface area contributed by atoms with E-state index in [-0.39, 0.29) is 11.5 Å². The molecule has 0 bridgehead atoms. The van der Waals surface area contributed by atoms with Gasteiger partial charge in [-0.1, -0.05) is 0 Å². The van der Waals surface area contributed by atoms with Gasteiger partial charge >= 0.3 is 12.1 Å². The zero-order valence-corrected chi connectivity index (χ0v) is 16.5. The molecule has 1 fully saturated rings. The lowest BCUT2D eigenvalue weighted by molar-refractivity contribution is -0.144. The van der Waals surface area contributed by atoms with E-state index < -0.39 is 18.3 Å². The molecule has 1 saturated carbocycles. The molecule has 2 rings (SSSR count). The molecule has 158 valence electrons. The van der Waals surface area contributed by atoms with Crippen molar-refractivity contribution in [3.8, 4) is 0 Å². The SMILES string of the molecule is CCOC(=O)CC1CCC(CN(CC)c2ncc(C(F)(F)F)cc2CO)CC1. The highest BCUT2D eigenvalue weighted by Gasteiger charge is 2.32. The van der Waals surface area contributed by atoms with Crippen molar-refractivity contribution in [2.75, 3.05) is 24.6 Å². The number of carbonyl (C=O) groups is 1. The second-order valence-corrected chi connectivity index (χ2v) is 7.30. The lowest BCUT2D eigenvalue weighted by Gasteiger charge is -2.33. The third-order valence-corrected chi connectivity index (χ3v) is 5.33. The smallest absolute Gasteiger partial charge is 0.417 e. The minimum absolute atomic E-state index is 0.150. The van der Waals surface area contributed by atoms with E-state index in [1.165, 1.54) is 0 Å². The van der Waals surface area contributed by atoms with Crippen LogP contribution in [-0.2, 0) is 22.3 Å². The van der Waals surface area contributed by atoms with Crippen LogP contribution in [0.3, 0.4) is 0 Å². The number of aromatic nitrogens is 1. The fraction of sp³-hybridized carbons (Fsp3) is 0.700. The summed E-state index contributed by atoms with van der Waals surface area (Å²) in [5.41, 5.74) is -0.663. The first-order chi connectivity index (χ1) is 13.3. The van der Waals surface area contributed by atoms with Gasteiger partial charge in [-0.25, -0.2) is 4.98 Å². The lowest BCUT2D eigenvalue weighted by atomic mass is 9.80. The van der Waals surface area contributed by atoms with Crippen molar-refractivity contribution in [3.05, 3.63) is 23.4 Å². The van der Waals surface area contributed by atoms with Crippen molar-refractivity contribution >= 4 is 11.8 Å². The van der Waals surface area contributed by atoms with Crippen LogP contribution in [-0.4, -0.2) is 35.8 Å². The Morgan fingerprint density at radius 2 is 1.89 bits per heavy atom. The third-order valence-electron chi connectivity index (χ3n) is 5.33. The van der Waals surface area contributed by atoms with Crippen molar-refractivity contribution in [2.24, 2.45) is 11.8 Å². The first kappa shape index (κ1) is 22.5. The maximum Gasteiger partial charge on any atom is 0.417 e. The number of hydrogen-bond acceptors (Lipinski definition) is 5. The van der Waals surface area contributed by atoms with Crippen LogP contribution >= 0.6 is 0 Å². The number of rotatable bonds is 8. The highest BCUT2D eigenvalue weighted by molar-refractivity contribution is 5.69. The van der Waals surface area contributed by atoms with Gasteiger partial charge in [0.25, 0.3) is 0 Å². The van der Waals surface area contributed by atoms with Gasteiger partial charge in [-0.3, -0.25) is 4.79 Å². The highest BCUT2D eigenvalue weighted by atomic mass is 19.4. The van der Waals surface area contributed by atoms with Crippen LogP contribution in [0.25, 0.3) is 0 Å². The highest BCUT2D eigenvalue weighted by Crippen LogP contribution is 2.34. The zero-order valence-electron chi connectivity index (χ0n) is 16.5. The average molecular weight is 402 g/mol. The van der Waals surface area contributed by atoms with E-state index in [0.29, 0.717) is 43.8 Å². The van der Waals surface area contributed by atoms with Crippen LogP contribution in [0.2, 0.25) is 0 Å². The molecule has 1 aliphatic carbocycles. The van der Waals surface area contributed by atoms with E-state index in [0.717, 1.165) is 37.9 Å². The summed E-state index contributed by atoms with van der Waals surface area (Å²) in [6.07, 6.45) is 0.582. The van der Waals surface area contributed by atoms with Gasteiger partial charge in [0.1, 0.15) is 5.82 Å². The van der Waals surface area contributed by atoms with Crippen molar-refractivity contribution in [1.29, 1.82) is 0 Å². The van der Waals surface area contributed by atoms with Crippen LogP contribution in [0.5, 0.6) is 0 Å². The van der Waals surface area contributed by atoms with Gasteiger partial charge in [0, 0.05) is 31.3 Å². The van der Waals surface area contributed by atoms with Gasteiger partial charge in [0.05, 0.1) is 18.8 Å². The molecule has 0 amide bonds. The maximum atomic E-state index is 12.9. The minimum atomic E-state index is -4.48. The van der Waals surface area contributed by atoms with Crippen molar-refractivity contribution in [1.82, 2.24) is 4.98 Å². The number of nitrogens with zero attached hydrogens (tertiary/aromatic N) is 2. The summed E-state index contributed by atoms with van der Waals surface area (Å²) in [5.74, 6) is 0.978. The van der Waals surface area contributed by atoms with Gasteiger partial charge in [-0.05, 0) is 57.4 Å². The zero-order chi connectivity index (χ0) is 20.7.